The predicted octanol–water partition coefficient (Wildman–Crippen LogP) is 1.87. The quantitative estimate of drug-likeness (QED) is 0.438. The third kappa shape index (κ3) is 4.85. The molecular weight excluding hydrogens is 508 g/mol. The normalized spacial score (nSPS) is 23.4. The van der Waals surface area contributed by atoms with Gasteiger partial charge in [-0.15, -0.1) is 6.58 Å². The zero-order valence-corrected chi connectivity index (χ0v) is 22.8. The maximum atomic E-state index is 13.6. The van der Waals surface area contributed by atoms with Gasteiger partial charge >= 0.3 is 0 Å². The number of aliphatic hydroxyl groups excluding tert-OH is 1. The zero-order valence-electron chi connectivity index (χ0n) is 22.8. The van der Waals surface area contributed by atoms with E-state index in [0.29, 0.717) is 43.0 Å². The van der Waals surface area contributed by atoms with Gasteiger partial charge < -0.3 is 30.2 Å². The van der Waals surface area contributed by atoms with Crippen molar-refractivity contribution in [3.05, 3.63) is 84.0 Å². The van der Waals surface area contributed by atoms with Crippen LogP contribution in [0.1, 0.15) is 30.0 Å². The minimum Gasteiger partial charge on any atom is -0.394 e. The lowest BCUT2D eigenvalue weighted by atomic mass is 9.82. The summed E-state index contributed by atoms with van der Waals surface area (Å²) in [5, 5.41) is 24.9. The summed E-state index contributed by atoms with van der Waals surface area (Å²) in [7, 11) is 0. The fraction of sp³-hybridized carbons (Fsp3) is 0.387. The second-order valence-corrected chi connectivity index (χ2v) is 10.6. The molecule has 40 heavy (non-hydrogen) atoms. The highest BCUT2D eigenvalue weighted by Gasteiger charge is 2.52. The van der Waals surface area contributed by atoms with Gasteiger partial charge in [0.25, 0.3) is 5.91 Å². The number of piperazine rings is 1. The van der Waals surface area contributed by atoms with E-state index < -0.39 is 17.4 Å². The monoisotopic (exact) mass is 544 g/mol. The fourth-order valence-corrected chi connectivity index (χ4v) is 5.96. The number of rotatable bonds is 8. The first-order valence-corrected chi connectivity index (χ1v) is 13.7. The van der Waals surface area contributed by atoms with Crippen LogP contribution in [0.2, 0.25) is 0 Å². The molecule has 9 nitrogen and oxygen atoms in total. The molecule has 210 valence electrons. The third-order valence-corrected chi connectivity index (χ3v) is 8.23. The van der Waals surface area contributed by atoms with Crippen LogP contribution < -0.4 is 15.1 Å². The zero-order chi connectivity index (χ0) is 28.4. The highest BCUT2D eigenvalue weighted by atomic mass is 16.3. The van der Waals surface area contributed by atoms with Crippen LogP contribution in [0.25, 0.3) is 0 Å². The smallest absolute Gasteiger partial charge is 0.264 e. The number of nitrogens with zero attached hydrogens (tertiary/aromatic N) is 3. The SMILES string of the molecule is C=CCN1C(=O)[C@](O)([C@H](C)/C=C/CC(=O)N2Cc3ccccc3C[C@H]2CO)c2cc(N3CCNCC3=O)ccc21. The molecule has 3 aliphatic heterocycles. The van der Waals surface area contributed by atoms with Crippen LogP contribution in [0.4, 0.5) is 11.4 Å². The van der Waals surface area contributed by atoms with Crippen molar-refractivity contribution in [2.24, 2.45) is 5.92 Å². The maximum Gasteiger partial charge on any atom is 0.264 e. The number of hydrogen-bond acceptors (Lipinski definition) is 6. The van der Waals surface area contributed by atoms with Crippen molar-refractivity contribution >= 4 is 29.1 Å². The van der Waals surface area contributed by atoms with E-state index in [4.69, 9.17) is 0 Å². The molecule has 0 aromatic heterocycles. The van der Waals surface area contributed by atoms with Crippen LogP contribution in [0.15, 0.2) is 67.3 Å². The Morgan fingerprint density at radius 3 is 2.73 bits per heavy atom. The van der Waals surface area contributed by atoms with Crippen LogP contribution in [-0.4, -0.2) is 71.7 Å². The summed E-state index contributed by atoms with van der Waals surface area (Å²) in [5.41, 5.74) is 1.97. The van der Waals surface area contributed by atoms with Crippen molar-refractivity contribution < 1.29 is 24.6 Å². The number of amides is 3. The molecule has 3 atom stereocenters. The summed E-state index contributed by atoms with van der Waals surface area (Å²) in [6, 6.07) is 12.9. The lowest BCUT2D eigenvalue weighted by Gasteiger charge is -2.36. The Morgan fingerprint density at radius 1 is 1.23 bits per heavy atom. The standard InChI is InChI=1S/C31H36N4O5/c1-3-14-34-27-12-11-24(33-15-13-32-18-29(33)38)17-26(27)31(40,30(34)39)21(2)7-6-10-28(37)35-19-23-9-5-4-8-22(23)16-25(35)20-36/h3-9,11-12,17,21,25,32,36,40H,1,10,13-16,18-20H2,2H3/b7-6+/t21-,25+,31+/m1/s1. The van der Waals surface area contributed by atoms with Gasteiger partial charge in [0.15, 0.2) is 5.60 Å². The minimum atomic E-state index is -1.87. The van der Waals surface area contributed by atoms with Gasteiger partial charge in [0.05, 0.1) is 24.9 Å². The van der Waals surface area contributed by atoms with Gasteiger partial charge in [-0.1, -0.05) is 49.4 Å². The van der Waals surface area contributed by atoms with Gasteiger partial charge in [0, 0.05) is 49.8 Å². The Kier molecular flexibility index (Phi) is 7.89. The van der Waals surface area contributed by atoms with E-state index in [1.165, 1.54) is 4.90 Å². The average Bonchev–Trinajstić information content (AvgIpc) is 3.18. The molecule has 3 N–H and O–H groups in total. The molecule has 2 aromatic rings. The Hall–Kier alpha value is -3.79. The number of carbonyl (C=O) groups is 3. The van der Waals surface area contributed by atoms with Gasteiger partial charge in [0.2, 0.25) is 11.8 Å². The van der Waals surface area contributed by atoms with Crippen LogP contribution in [0.5, 0.6) is 0 Å². The molecule has 2 aromatic carbocycles. The molecule has 0 spiro atoms. The molecular formula is C31H36N4O5. The highest BCUT2D eigenvalue weighted by molar-refractivity contribution is 6.08. The Morgan fingerprint density at radius 2 is 2.00 bits per heavy atom. The lowest BCUT2D eigenvalue weighted by Crippen LogP contribution is -2.48. The number of carbonyl (C=O) groups excluding carboxylic acids is 3. The summed E-state index contributed by atoms with van der Waals surface area (Å²) >= 11 is 0. The number of aliphatic hydroxyl groups is 2. The van der Waals surface area contributed by atoms with Gasteiger partial charge in [-0.3, -0.25) is 14.4 Å². The molecule has 3 heterocycles. The number of nitrogens with one attached hydrogen (secondary N) is 1. The molecule has 5 rings (SSSR count). The Labute approximate surface area is 234 Å². The first-order valence-electron chi connectivity index (χ1n) is 13.7. The average molecular weight is 545 g/mol. The Balaban J connectivity index is 1.37. The molecule has 1 fully saturated rings. The van der Waals surface area contributed by atoms with Crippen LogP contribution >= 0.6 is 0 Å². The largest absolute Gasteiger partial charge is 0.394 e. The van der Waals surface area contributed by atoms with Crippen molar-refractivity contribution in [1.29, 1.82) is 0 Å². The van der Waals surface area contributed by atoms with E-state index in [2.05, 4.69) is 11.9 Å². The molecule has 3 amide bonds. The second-order valence-electron chi connectivity index (χ2n) is 10.6. The van der Waals surface area contributed by atoms with Crippen LogP contribution in [-0.2, 0) is 33.0 Å². The van der Waals surface area contributed by atoms with E-state index in [9.17, 15) is 24.6 Å². The van der Waals surface area contributed by atoms with Crippen molar-refractivity contribution in [3.8, 4) is 0 Å². The predicted molar refractivity (Wildman–Crippen MR) is 153 cm³/mol. The topological polar surface area (TPSA) is 113 Å². The summed E-state index contributed by atoms with van der Waals surface area (Å²) in [6.07, 6.45) is 5.67. The highest BCUT2D eigenvalue weighted by Crippen LogP contribution is 2.46. The molecule has 3 aliphatic rings. The maximum absolute atomic E-state index is 13.6. The molecule has 1 saturated heterocycles. The van der Waals surface area contributed by atoms with Crippen molar-refractivity contribution in [1.82, 2.24) is 10.2 Å². The number of hydrogen-bond donors (Lipinski definition) is 3. The van der Waals surface area contributed by atoms with E-state index in [1.54, 1.807) is 53.2 Å². The second kappa shape index (κ2) is 11.4. The first kappa shape index (κ1) is 27.8. The first-order chi connectivity index (χ1) is 19.3. The van der Waals surface area contributed by atoms with Crippen LogP contribution in [0, 0.1) is 5.92 Å². The third-order valence-electron chi connectivity index (χ3n) is 8.23. The molecule has 0 saturated carbocycles. The van der Waals surface area contributed by atoms with Gasteiger partial charge in [-0.05, 0) is 35.7 Å². The van der Waals surface area contributed by atoms with Crippen LogP contribution in [0.3, 0.4) is 0 Å². The number of benzene rings is 2. The van der Waals surface area contributed by atoms with Gasteiger partial charge in [0.1, 0.15) is 0 Å². The molecule has 0 unspecified atom stereocenters. The molecule has 9 heteroatoms. The minimum absolute atomic E-state index is 0.0741. The van der Waals surface area contributed by atoms with E-state index >= 15 is 0 Å². The number of anilines is 2. The van der Waals surface area contributed by atoms with Gasteiger partial charge in [-0.2, -0.15) is 0 Å². The summed E-state index contributed by atoms with van der Waals surface area (Å²) in [4.78, 5) is 44.2. The molecule has 0 radical (unpaired) electrons. The fourth-order valence-electron chi connectivity index (χ4n) is 5.96. The Bertz CT molecular complexity index is 1360. The van der Waals surface area contributed by atoms with E-state index in [-0.39, 0.29) is 44.0 Å². The van der Waals surface area contributed by atoms with E-state index in [1.807, 2.05) is 24.3 Å². The van der Waals surface area contributed by atoms with Crippen molar-refractivity contribution in [2.45, 2.75) is 38.0 Å². The molecule has 0 aliphatic carbocycles. The summed E-state index contributed by atoms with van der Waals surface area (Å²) < 4.78 is 0. The summed E-state index contributed by atoms with van der Waals surface area (Å²) in [5.74, 6) is -1.33. The van der Waals surface area contributed by atoms with E-state index in [0.717, 1.165) is 11.1 Å². The number of fused-ring (bicyclic) bond motifs is 2. The van der Waals surface area contributed by atoms with Crippen molar-refractivity contribution in [2.75, 3.05) is 42.6 Å². The lowest BCUT2D eigenvalue weighted by molar-refractivity contribution is -0.139. The summed E-state index contributed by atoms with van der Waals surface area (Å²) in [6.45, 7) is 7.42. The van der Waals surface area contributed by atoms with Crippen molar-refractivity contribution in [3.63, 3.8) is 0 Å². The molecule has 0 bridgehead atoms. The van der Waals surface area contributed by atoms with Gasteiger partial charge in [-0.25, -0.2) is 0 Å².